The van der Waals surface area contributed by atoms with E-state index in [0.717, 1.165) is 0 Å². The summed E-state index contributed by atoms with van der Waals surface area (Å²) in [5.41, 5.74) is 0.798. The highest BCUT2D eigenvalue weighted by molar-refractivity contribution is 5.90. The number of methoxy groups -OCH3 is 1. The van der Waals surface area contributed by atoms with Crippen LogP contribution in [0.2, 0.25) is 0 Å². The number of rotatable bonds is 8. The van der Waals surface area contributed by atoms with Gasteiger partial charge in [0.25, 0.3) is 0 Å². The van der Waals surface area contributed by atoms with Crippen LogP contribution in [0.1, 0.15) is 31.1 Å². The number of aliphatic hydroxyl groups excluding tert-OH is 1. The molecule has 1 N–H and O–H groups in total. The maximum atomic E-state index is 12.9. The molecule has 0 aliphatic carbocycles. The van der Waals surface area contributed by atoms with Gasteiger partial charge in [-0.25, -0.2) is 14.4 Å². The first-order valence-corrected chi connectivity index (χ1v) is 11.6. The Morgan fingerprint density at radius 2 is 1.14 bits per heavy atom. The summed E-state index contributed by atoms with van der Waals surface area (Å²) in [4.78, 5) is 38.1. The molecule has 1 aliphatic heterocycles. The van der Waals surface area contributed by atoms with Crippen molar-refractivity contribution in [1.82, 2.24) is 0 Å². The molecule has 3 aromatic rings. The van der Waals surface area contributed by atoms with Crippen LogP contribution in [-0.4, -0.2) is 67.4 Å². The van der Waals surface area contributed by atoms with Crippen LogP contribution in [0.3, 0.4) is 0 Å². The Hall–Kier alpha value is -4.05. The molecule has 0 unspecified atom stereocenters. The molecule has 5 atom stereocenters. The summed E-state index contributed by atoms with van der Waals surface area (Å²) in [5, 5.41) is 11.1. The van der Waals surface area contributed by atoms with Gasteiger partial charge in [0, 0.05) is 7.11 Å². The Kier molecular flexibility index (Phi) is 8.63. The highest BCUT2D eigenvalue weighted by Crippen LogP contribution is 2.28. The fraction of sp³-hybridized carbons (Fsp3) is 0.250. The number of hydrogen-bond acceptors (Lipinski definition) is 9. The predicted molar refractivity (Wildman–Crippen MR) is 130 cm³/mol. The Labute approximate surface area is 213 Å². The van der Waals surface area contributed by atoms with Crippen LogP contribution >= 0.6 is 0 Å². The molecule has 4 rings (SSSR count). The van der Waals surface area contributed by atoms with E-state index in [1.807, 2.05) is 0 Å². The first-order chi connectivity index (χ1) is 18.0. The lowest BCUT2D eigenvalue weighted by molar-refractivity contribution is -0.292. The maximum absolute atomic E-state index is 12.9. The molecule has 0 amide bonds. The number of ether oxygens (including phenoxy) is 5. The molecule has 9 nitrogen and oxygen atoms in total. The van der Waals surface area contributed by atoms with Crippen LogP contribution < -0.4 is 0 Å². The normalized spacial score (nSPS) is 23.0. The van der Waals surface area contributed by atoms with Gasteiger partial charge in [-0.05, 0) is 36.4 Å². The van der Waals surface area contributed by atoms with E-state index in [4.69, 9.17) is 23.7 Å². The standard InChI is InChI=1S/C28H26O9/c1-33-28-24(37-27(32)20-15-9-4-10-16-20)23(36-26(31)19-13-7-3-8-14-19)22(29)21(35-28)17-34-25(30)18-11-5-2-6-12-18/h2-16,21-24,28-29H,17H2,1H3/t21-,22-,23+,24-,28-/m1/s1. The van der Waals surface area contributed by atoms with Crippen molar-refractivity contribution < 1.29 is 43.2 Å². The number of esters is 3. The van der Waals surface area contributed by atoms with Gasteiger partial charge in [0.15, 0.2) is 18.5 Å². The first-order valence-electron chi connectivity index (χ1n) is 11.6. The smallest absolute Gasteiger partial charge is 0.338 e. The lowest BCUT2D eigenvalue weighted by Gasteiger charge is -2.42. The minimum atomic E-state index is -1.52. The van der Waals surface area contributed by atoms with Crippen molar-refractivity contribution in [2.75, 3.05) is 13.7 Å². The maximum Gasteiger partial charge on any atom is 0.338 e. The van der Waals surface area contributed by atoms with E-state index < -0.39 is 48.6 Å². The monoisotopic (exact) mass is 506 g/mol. The second-order valence-electron chi connectivity index (χ2n) is 8.21. The van der Waals surface area contributed by atoms with Gasteiger partial charge in [0.1, 0.15) is 18.8 Å². The van der Waals surface area contributed by atoms with Crippen molar-refractivity contribution in [2.24, 2.45) is 0 Å². The van der Waals surface area contributed by atoms with Crippen LogP contribution in [0.4, 0.5) is 0 Å². The quantitative estimate of drug-likeness (QED) is 0.363. The average molecular weight is 507 g/mol. The molecule has 0 radical (unpaired) electrons. The summed E-state index contributed by atoms with van der Waals surface area (Å²) in [6.07, 6.45) is -6.60. The Morgan fingerprint density at radius 1 is 0.703 bits per heavy atom. The molecular formula is C28H26O9. The fourth-order valence-electron chi connectivity index (χ4n) is 3.83. The molecule has 9 heteroatoms. The van der Waals surface area contributed by atoms with Crippen molar-refractivity contribution in [2.45, 2.75) is 30.7 Å². The van der Waals surface area contributed by atoms with E-state index >= 15 is 0 Å². The molecule has 1 saturated heterocycles. The number of benzene rings is 3. The molecule has 0 spiro atoms. The van der Waals surface area contributed by atoms with Gasteiger partial charge in [-0.1, -0.05) is 54.6 Å². The number of aliphatic hydroxyl groups is 1. The number of carbonyl (C=O) groups is 3. The first kappa shape index (κ1) is 26.0. The molecule has 37 heavy (non-hydrogen) atoms. The zero-order valence-corrected chi connectivity index (χ0v) is 20.0. The molecule has 1 fully saturated rings. The minimum Gasteiger partial charge on any atom is -0.459 e. The largest absolute Gasteiger partial charge is 0.459 e. The highest BCUT2D eigenvalue weighted by Gasteiger charge is 2.50. The SMILES string of the molecule is CO[C@@H]1O[C@H](COC(=O)c2ccccc2)[C@@H](O)[C@H](OC(=O)c2ccccc2)[C@H]1OC(=O)c1ccccc1. The van der Waals surface area contributed by atoms with Crippen molar-refractivity contribution in [3.05, 3.63) is 108 Å². The molecule has 0 saturated carbocycles. The lowest BCUT2D eigenvalue weighted by atomic mass is 9.98. The van der Waals surface area contributed by atoms with E-state index in [0.29, 0.717) is 5.56 Å². The zero-order valence-electron chi connectivity index (χ0n) is 20.0. The fourth-order valence-corrected chi connectivity index (χ4v) is 3.83. The van der Waals surface area contributed by atoms with Crippen molar-refractivity contribution in [3.63, 3.8) is 0 Å². The second kappa shape index (κ2) is 12.3. The minimum absolute atomic E-state index is 0.232. The van der Waals surface area contributed by atoms with Gasteiger partial charge in [-0.3, -0.25) is 0 Å². The van der Waals surface area contributed by atoms with Gasteiger partial charge >= 0.3 is 17.9 Å². The highest BCUT2D eigenvalue weighted by atomic mass is 16.7. The van der Waals surface area contributed by atoms with Crippen LogP contribution in [0, 0.1) is 0 Å². The Bertz CT molecular complexity index is 1180. The van der Waals surface area contributed by atoms with Gasteiger partial charge in [-0.2, -0.15) is 0 Å². The van der Waals surface area contributed by atoms with Crippen LogP contribution in [0.25, 0.3) is 0 Å². The Balaban J connectivity index is 1.55. The third kappa shape index (κ3) is 6.39. The van der Waals surface area contributed by atoms with Gasteiger partial charge in [-0.15, -0.1) is 0 Å². The van der Waals surface area contributed by atoms with E-state index in [1.165, 1.54) is 7.11 Å². The zero-order chi connectivity index (χ0) is 26.2. The third-order valence-electron chi connectivity index (χ3n) is 5.74. The lowest BCUT2D eigenvalue weighted by Crippen LogP contribution is -2.61. The summed E-state index contributed by atoms with van der Waals surface area (Å²) < 4.78 is 27.7. The molecule has 192 valence electrons. The van der Waals surface area contributed by atoms with Gasteiger partial charge in [0.05, 0.1) is 16.7 Å². The summed E-state index contributed by atoms with van der Waals surface area (Å²) in [5.74, 6) is -2.10. The summed E-state index contributed by atoms with van der Waals surface area (Å²) in [6.45, 7) is -0.368. The number of hydrogen-bond donors (Lipinski definition) is 1. The third-order valence-corrected chi connectivity index (χ3v) is 5.74. The Morgan fingerprint density at radius 3 is 1.59 bits per heavy atom. The van der Waals surface area contributed by atoms with Crippen molar-refractivity contribution in [3.8, 4) is 0 Å². The molecule has 3 aromatic carbocycles. The van der Waals surface area contributed by atoms with Crippen molar-refractivity contribution >= 4 is 17.9 Å². The average Bonchev–Trinajstić information content (AvgIpc) is 2.95. The van der Waals surface area contributed by atoms with E-state index in [1.54, 1.807) is 91.0 Å². The van der Waals surface area contributed by atoms with Crippen molar-refractivity contribution in [1.29, 1.82) is 0 Å². The molecule has 0 bridgehead atoms. The van der Waals surface area contributed by atoms with Crippen LogP contribution in [0.15, 0.2) is 91.0 Å². The topological polar surface area (TPSA) is 118 Å². The van der Waals surface area contributed by atoms with E-state index in [9.17, 15) is 19.5 Å². The van der Waals surface area contributed by atoms with Gasteiger partial charge < -0.3 is 28.8 Å². The second-order valence-corrected chi connectivity index (χ2v) is 8.21. The van der Waals surface area contributed by atoms with E-state index in [-0.39, 0.29) is 17.7 Å². The predicted octanol–water partition coefficient (Wildman–Crippen LogP) is 3.03. The number of carbonyl (C=O) groups excluding carboxylic acids is 3. The summed E-state index contributed by atoms with van der Waals surface area (Å²) in [6, 6.07) is 24.7. The summed E-state index contributed by atoms with van der Waals surface area (Å²) in [7, 11) is 1.31. The molecule has 0 aromatic heterocycles. The molecule has 1 aliphatic rings. The van der Waals surface area contributed by atoms with Gasteiger partial charge in [0.2, 0.25) is 0 Å². The molecular weight excluding hydrogens is 480 g/mol. The van der Waals surface area contributed by atoms with E-state index in [2.05, 4.69) is 0 Å². The molecule has 1 heterocycles. The summed E-state index contributed by atoms with van der Waals surface area (Å²) >= 11 is 0. The van der Waals surface area contributed by atoms with Crippen LogP contribution in [0.5, 0.6) is 0 Å². The van der Waals surface area contributed by atoms with Crippen LogP contribution in [-0.2, 0) is 23.7 Å².